The van der Waals surface area contributed by atoms with E-state index in [4.69, 9.17) is 4.74 Å². The Kier molecular flexibility index (Phi) is 7.71. The number of anilines is 1. The van der Waals surface area contributed by atoms with E-state index >= 15 is 0 Å². The van der Waals surface area contributed by atoms with Crippen molar-refractivity contribution in [2.24, 2.45) is 5.92 Å². The van der Waals surface area contributed by atoms with Gasteiger partial charge in [-0.25, -0.2) is 13.4 Å². The Hall–Kier alpha value is -3.39. The number of carbonyl (C=O) groups is 1. The van der Waals surface area contributed by atoms with Crippen LogP contribution < -0.4 is 14.8 Å². The molecular weight excluding hydrogens is 438 g/mol. The van der Waals surface area contributed by atoms with E-state index in [2.05, 4.69) is 28.9 Å². The first-order valence-corrected chi connectivity index (χ1v) is 12.3. The lowest BCUT2D eigenvalue weighted by molar-refractivity contribution is 0.0940. The Morgan fingerprint density at radius 2 is 1.73 bits per heavy atom. The lowest BCUT2D eigenvalue weighted by Gasteiger charge is -2.13. The molecule has 0 aliphatic heterocycles. The first kappa shape index (κ1) is 24.3. The van der Waals surface area contributed by atoms with Crippen molar-refractivity contribution in [3.05, 3.63) is 78.0 Å². The van der Waals surface area contributed by atoms with Crippen molar-refractivity contribution < 1.29 is 17.9 Å². The standard InChI is InChI=1S/C25H29N3O4S/c1-17(2)15-19-10-12-22(13-11-19)33(30,31)28-20-7-5-8-21(16-20)32-25-23(9-6-14-26-25)24(29)27-18(3)4/h5-14,16-18,28H,15H2,1-4H3,(H,27,29). The second-order valence-corrected chi connectivity index (χ2v) is 10.1. The van der Waals surface area contributed by atoms with E-state index in [0.717, 1.165) is 12.0 Å². The predicted molar refractivity (Wildman–Crippen MR) is 129 cm³/mol. The molecule has 0 unspecified atom stereocenters. The van der Waals surface area contributed by atoms with E-state index in [1.165, 1.54) is 6.20 Å². The van der Waals surface area contributed by atoms with Crippen molar-refractivity contribution >= 4 is 21.6 Å². The molecule has 1 amide bonds. The fraction of sp³-hybridized carbons (Fsp3) is 0.280. The van der Waals surface area contributed by atoms with Crippen molar-refractivity contribution in [1.82, 2.24) is 10.3 Å². The maximum absolute atomic E-state index is 12.8. The summed E-state index contributed by atoms with van der Waals surface area (Å²) in [6, 6.07) is 16.6. The number of pyridine rings is 1. The summed E-state index contributed by atoms with van der Waals surface area (Å²) < 4.78 is 34.1. The number of amides is 1. The average molecular weight is 468 g/mol. The normalized spacial score (nSPS) is 11.5. The zero-order valence-corrected chi connectivity index (χ0v) is 20.0. The zero-order valence-electron chi connectivity index (χ0n) is 19.2. The lowest BCUT2D eigenvalue weighted by atomic mass is 10.0. The van der Waals surface area contributed by atoms with Crippen molar-refractivity contribution in [1.29, 1.82) is 0 Å². The summed E-state index contributed by atoms with van der Waals surface area (Å²) in [5.41, 5.74) is 1.72. The van der Waals surface area contributed by atoms with Gasteiger partial charge in [-0.3, -0.25) is 9.52 Å². The van der Waals surface area contributed by atoms with Crippen LogP contribution in [0.15, 0.2) is 71.8 Å². The smallest absolute Gasteiger partial charge is 0.261 e. The van der Waals surface area contributed by atoms with Crippen molar-refractivity contribution in [2.45, 2.75) is 45.1 Å². The number of ether oxygens (including phenoxy) is 1. The highest BCUT2D eigenvalue weighted by Crippen LogP contribution is 2.27. The molecule has 0 radical (unpaired) electrons. The van der Waals surface area contributed by atoms with Crippen molar-refractivity contribution in [3.63, 3.8) is 0 Å². The summed E-state index contributed by atoms with van der Waals surface area (Å²) >= 11 is 0. The van der Waals surface area contributed by atoms with Gasteiger partial charge in [-0.15, -0.1) is 0 Å². The van der Waals surface area contributed by atoms with Gasteiger partial charge < -0.3 is 10.1 Å². The summed E-state index contributed by atoms with van der Waals surface area (Å²) in [5, 5.41) is 2.81. The molecule has 0 aliphatic rings. The van der Waals surface area contributed by atoms with Crippen LogP contribution in [0.5, 0.6) is 11.6 Å². The van der Waals surface area contributed by atoms with Gasteiger partial charge in [-0.05, 0) is 68.1 Å². The minimum absolute atomic E-state index is 0.0391. The van der Waals surface area contributed by atoms with E-state index in [9.17, 15) is 13.2 Å². The third-order valence-corrected chi connectivity index (χ3v) is 6.01. The number of rotatable bonds is 9. The molecule has 0 saturated heterocycles. The number of benzene rings is 2. The SMILES string of the molecule is CC(C)Cc1ccc(S(=O)(=O)Nc2cccc(Oc3ncccc3C(=O)NC(C)C)c2)cc1. The Balaban J connectivity index is 1.77. The molecule has 3 rings (SSSR count). The van der Waals surface area contributed by atoms with Gasteiger partial charge in [0.15, 0.2) is 0 Å². The second-order valence-electron chi connectivity index (χ2n) is 8.46. The quantitative estimate of drug-likeness (QED) is 0.461. The fourth-order valence-electron chi connectivity index (χ4n) is 3.21. The van der Waals surface area contributed by atoms with Crippen molar-refractivity contribution in [2.75, 3.05) is 4.72 Å². The predicted octanol–water partition coefficient (Wildman–Crippen LogP) is 5.01. The van der Waals surface area contributed by atoms with Crippen molar-refractivity contribution in [3.8, 4) is 11.6 Å². The highest BCUT2D eigenvalue weighted by molar-refractivity contribution is 7.92. The molecule has 0 atom stereocenters. The van der Waals surface area contributed by atoms with Gasteiger partial charge in [0.05, 0.1) is 10.6 Å². The Morgan fingerprint density at radius 1 is 1.00 bits per heavy atom. The summed E-state index contributed by atoms with van der Waals surface area (Å²) in [7, 11) is -3.77. The fourth-order valence-corrected chi connectivity index (χ4v) is 4.26. The highest BCUT2D eigenvalue weighted by Gasteiger charge is 2.17. The molecule has 7 nitrogen and oxygen atoms in total. The number of hydrogen-bond acceptors (Lipinski definition) is 5. The summed E-state index contributed by atoms with van der Waals surface area (Å²) in [6.45, 7) is 7.96. The van der Waals surface area contributed by atoms with E-state index in [-0.39, 0.29) is 22.7 Å². The number of hydrogen-bond donors (Lipinski definition) is 2. The van der Waals surface area contributed by atoms with Crippen LogP contribution in [0.2, 0.25) is 0 Å². The van der Waals surface area contributed by atoms with Crippen LogP contribution in [0.3, 0.4) is 0 Å². The van der Waals surface area contributed by atoms with Gasteiger partial charge in [0.2, 0.25) is 5.88 Å². The molecule has 8 heteroatoms. The maximum Gasteiger partial charge on any atom is 0.261 e. The number of nitrogens with one attached hydrogen (secondary N) is 2. The molecule has 3 aromatic rings. The van der Waals surface area contributed by atoms with Gasteiger partial charge in [0.1, 0.15) is 11.3 Å². The monoisotopic (exact) mass is 467 g/mol. The molecule has 0 saturated carbocycles. The lowest BCUT2D eigenvalue weighted by Crippen LogP contribution is -2.30. The van der Waals surface area contributed by atoms with E-state index < -0.39 is 10.0 Å². The van der Waals surface area contributed by atoms with Crippen LogP contribution in [0.25, 0.3) is 0 Å². The molecule has 1 heterocycles. The van der Waals surface area contributed by atoms with E-state index in [1.54, 1.807) is 48.5 Å². The topological polar surface area (TPSA) is 97.4 Å². The summed E-state index contributed by atoms with van der Waals surface area (Å²) in [6.07, 6.45) is 2.41. The van der Waals surface area contributed by atoms with Crippen LogP contribution >= 0.6 is 0 Å². The molecule has 2 aromatic carbocycles. The van der Waals surface area contributed by atoms with Gasteiger partial charge in [-0.2, -0.15) is 0 Å². The molecule has 0 spiro atoms. The van der Waals surface area contributed by atoms with Crippen LogP contribution in [0.1, 0.15) is 43.6 Å². The molecule has 1 aromatic heterocycles. The number of nitrogens with zero attached hydrogens (tertiary/aromatic N) is 1. The second kappa shape index (κ2) is 10.5. The maximum atomic E-state index is 12.8. The Morgan fingerprint density at radius 3 is 2.39 bits per heavy atom. The largest absolute Gasteiger partial charge is 0.438 e. The van der Waals surface area contributed by atoms with Gasteiger partial charge in [0.25, 0.3) is 15.9 Å². The zero-order chi connectivity index (χ0) is 24.0. The first-order valence-electron chi connectivity index (χ1n) is 10.8. The molecule has 174 valence electrons. The minimum atomic E-state index is -3.77. The van der Waals surface area contributed by atoms with E-state index in [1.807, 2.05) is 26.0 Å². The highest BCUT2D eigenvalue weighted by atomic mass is 32.2. The molecule has 0 aliphatic carbocycles. The first-order chi connectivity index (χ1) is 15.6. The number of sulfonamides is 1. The minimum Gasteiger partial charge on any atom is -0.438 e. The summed E-state index contributed by atoms with van der Waals surface area (Å²) in [5.74, 6) is 0.673. The molecule has 0 bridgehead atoms. The Bertz CT molecular complexity index is 1210. The molecular formula is C25H29N3O4S. The van der Waals surface area contributed by atoms with Crippen LogP contribution in [0, 0.1) is 5.92 Å². The Labute approximate surface area is 195 Å². The third-order valence-electron chi connectivity index (χ3n) is 4.61. The number of aromatic nitrogens is 1. The molecule has 2 N–H and O–H groups in total. The number of carbonyl (C=O) groups excluding carboxylic acids is 1. The average Bonchev–Trinajstić information content (AvgIpc) is 2.73. The molecule has 0 fully saturated rings. The third kappa shape index (κ3) is 6.79. The van der Waals surface area contributed by atoms with Crippen LogP contribution in [-0.4, -0.2) is 25.4 Å². The van der Waals surface area contributed by atoms with Gasteiger partial charge in [0, 0.05) is 18.3 Å². The van der Waals surface area contributed by atoms with E-state index in [0.29, 0.717) is 22.9 Å². The van der Waals surface area contributed by atoms with Gasteiger partial charge >= 0.3 is 0 Å². The molecule has 33 heavy (non-hydrogen) atoms. The summed E-state index contributed by atoms with van der Waals surface area (Å²) in [4.78, 5) is 16.8. The van der Waals surface area contributed by atoms with Crippen LogP contribution in [0.4, 0.5) is 5.69 Å². The van der Waals surface area contributed by atoms with Gasteiger partial charge in [-0.1, -0.05) is 32.0 Å². The van der Waals surface area contributed by atoms with Crippen LogP contribution in [-0.2, 0) is 16.4 Å².